The highest BCUT2D eigenvalue weighted by Crippen LogP contribution is 2.18. The van der Waals surface area contributed by atoms with E-state index in [2.05, 4.69) is 10.4 Å². The van der Waals surface area contributed by atoms with E-state index >= 15 is 0 Å². The fourth-order valence-corrected chi connectivity index (χ4v) is 3.03. The molecule has 2 aromatic rings. The minimum atomic E-state index is -3.46. The SMILES string of the molecule is Cc1ccc(S(C)(=O)=O)cc1C(=O)O[C@H](C)C(=O)Nc1ccnn1C(C)C. The maximum absolute atomic E-state index is 12.4. The number of amides is 1. The number of aromatic nitrogens is 2. The van der Waals surface area contributed by atoms with Gasteiger partial charge in [0, 0.05) is 18.4 Å². The van der Waals surface area contributed by atoms with Crippen molar-refractivity contribution in [1.29, 1.82) is 0 Å². The summed E-state index contributed by atoms with van der Waals surface area (Å²) in [5.41, 5.74) is 0.655. The van der Waals surface area contributed by atoms with E-state index in [1.165, 1.54) is 25.1 Å². The third kappa shape index (κ3) is 4.94. The number of esters is 1. The maximum atomic E-state index is 12.4. The Hall–Kier alpha value is -2.68. The van der Waals surface area contributed by atoms with E-state index in [0.29, 0.717) is 11.4 Å². The third-order valence-corrected chi connectivity index (χ3v) is 5.03. The molecule has 0 aliphatic rings. The molecule has 0 unspecified atom stereocenters. The molecular weight excluding hydrogens is 370 g/mol. The Bertz CT molecular complexity index is 963. The molecule has 1 amide bonds. The van der Waals surface area contributed by atoms with Crippen molar-refractivity contribution in [2.45, 2.75) is 44.7 Å². The van der Waals surface area contributed by atoms with Crippen LogP contribution in [0.15, 0.2) is 35.4 Å². The summed E-state index contributed by atoms with van der Waals surface area (Å²) in [7, 11) is -3.46. The van der Waals surface area contributed by atoms with Gasteiger partial charge in [0.25, 0.3) is 5.91 Å². The van der Waals surface area contributed by atoms with Gasteiger partial charge in [-0.3, -0.25) is 4.79 Å². The summed E-state index contributed by atoms with van der Waals surface area (Å²) in [6.45, 7) is 6.95. The Morgan fingerprint density at radius 2 is 1.85 bits per heavy atom. The number of aryl methyl sites for hydroxylation is 1. The molecule has 27 heavy (non-hydrogen) atoms. The molecule has 1 heterocycles. The van der Waals surface area contributed by atoms with Crippen molar-refractivity contribution >= 4 is 27.5 Å². The lowest BCUT2D eigenvalue weighted by Crippen LogP contribution is -2.31. The fraction of sp³-hybridized carbons (Fsp3) is 0.389. The zero-order valence-corrected chi connectivity index (χ0v) is 16.7. The molecule has 1 aromatic heterocycles. The second kappa shape index (κ2) is 7.91. The number of ether oxygens (including phenoxy) is 1. The summed E-state index contributed by atoms with van der Waals surface area (Å²) >= 11 is 0. The molecule has 9 heteroatoms. The second-order valence-corrected chi connectivity index (χ2v) is 8.56. The van der Waals surface area contributed by atoms with Crippen LogP contribution in [-0.4, -0.2) is 42.4 Å². The predicted molar refractivity (Wildman–Crippen MR) is 100 cm³/mol. The average molecular weight is 393 g/mol. The number of benzene rings is 1. The predicted octanol–water partition coefficient (Wildman–Crippen LogP) is 2.36. The molecule has 0 aliphatic carbocycles. The zero-order chi connectivity index (χ0) is 20.4. The highest BCUT2D eigenvalue weighted by molar-refractivity contribution is 7.90. The van der Waals surface area contributed by atoms with Crippen LogP contribution in [0.25, 0.3) is 0 Å². The topological polar surface area (TPSA) is 107 Å². The van der Waals surface area contributed by atoms with Crippen molar-refractivity contribution in [3.05, 3.63) is 41.6 Å². The lowest BCUT2D eigenvalue weighted by Gasteiger charge is -2.16. The van der Waals surface area contributed by atoms with E-state index in [-0.39, 0.29) is 16.5 Å². The number of hydrogen-bond acceptors (Lipinski definition) is 6. The van der Waals surface area contributed by atoms with Gasteiger partial charge in [-0.25, -0.2) is 17.9 Å². The van der Waals surface area contributed by atoms with Crippen LogP contribution in [0.5, 0.6) is 0 Å². The van der Waals surface area contributed by atoms with E-state index in [1.54, 1.807) is 23.9 Å². The molecule has 0 spiro atoms. The molecule has 1 atom stereocenters. The van der Waals surface area contributed by atoms with Gasteiger partial charge in [-0.2, -0.15) is 5.10 Å². The van der Waals surface area contributed by atoms with Crippen molar-refractivity contribution in [3.63, 3.8) is 0 Å². The van der Waals surface area contributed by atoms with Gasteiger partial charge in [-0.1, -0.05) is 6.07 Å². The summed E-state index contributed by atoms with van der Waals surface area (Å²) < 4.78 is 30.2. The van der Waals surface area contributed by atoms with Crippen molar-refractivity contribution in [1.82, 2.24) is 9.78 Å². The first-order chi connectivity index (χ1) is 12.5. The molecule has 146 valence electrons. The Kier molecular flexibility index (Phi) is 6.04. The Morgan fingerprint density at radius 1 is 1.19 bits per heavy atom. The van der Waals surface area contributed by atoms with Gasteiger partial charge in [0.2, 0.25) is 0 Å². The maximum Gasteiger partial charge on any atom is 0.339 e. The first kappa shape index (κ1) is 20.6. The number of carbonyl (C=O) groups is 2. The van der Waals surface area contributed by atoms with E-state index in [4.69, 9.17) is 4.74 Å². The first-order valence-corrected chi connectivity index (χ1v) is 10.3. The number of anilines is 1. The lowest BCUT2D eigenvalue weighted by atomic mass is 10.1. The molecule has 0 fully saturated rings. The molecule has 1 aromatic carbocycles. The van der Waals surface area contributed by atoms with Crippen LogP contribution in [0.4, 0.5) is 5.82 Å². The summed E-state index contributed by atoms with van der Waals surface area (Å²) in [5, 5.41) is 6.79. The summed E-state index contributed by atoms with van der Waals surface area (Å²) in [5.74, 6) is -0.783. The highest BCUT2D eigenvalue weighted by Gasteiger charge is 2.22. The van der Waals surface area contributed by atoms with Gasteiger partial charge in [0.15, 0.2) is 15.9 Å². The average Bonchev–Trinajstić information content (AvgIpc) is 3.02. The van der Waals surface area contributed by atoms with Crippen LogP contribution >= 0.6 is 0 Å². The van der Waals surface area contributed by atoms with Crippen LogP contribution in [0.3, 0.4) is 0 Å². The van der Waals surface area contributed by atoms with Crippen molar-refractivity contribution in [3.8, 4) is 0 Å². The third-order valence-electron chi connectivity index (χ3n) is 3.92. The van der Waals surface area contributed by atoms with E-state index < -0.39 is 27.8 Å². The van der Waals surface area contributed by atoms with Crippen LogP contribution in [0.1, 0.15) is 42.7 Å². The minimum absolute atomic E-state index is 0.0120. The molecule has 0 bridgehead atoms. The lowest BCUT2D eigenvalue weighted by molar-refractivity contribution is -0.123. The number of sulfone groups is 1. The van der Waals surface area contributed by atoms with Gasteiger partial charge in [-0.15, -0.1) is 0 Å². The Morgan fingerprint density at radius 3 is 2.44 bits per heavy atom. The second-order valence-electron chi connectivity index (χ2n) is 6.54. The monoisotopic (exact) mass is 393 g/mol. The molecule has 0 saturated heterocycles. The van der Waals surface area contributed by atoms with Crippen molar-refractivity contribution < 1.29 is 22.7 Å². The number of nitrogens with zero attached hydrogens (tertiary/aromatic N) is 2. The van der Waals surface area contributed by atoms with Gasteiger partial charge < -0.3 is 10.1 Å². The van der Waals surface area contributed by atoms with E-state index in [1.807, 2.05) is 13.8 Å². The summed E-state index contributed by atoms with van der Waals surface area (Å²) in [4.78, 5) is 24.8. The van der Waals surface area contributed by atoms with E-state index in [0.717, 1.165) is 6.26 Å². The van der Waals surface area contributed by atoms with Crippen LogP contribution in [0, 0.1) is 6.92 Å². The largest absolute Gasteiger partial charge is 0.449 e. The first-order valence-electron chi connectivity index (χ1n) is 8.36. The molecule has 1 N–H and O–H groups in total. The highest BCUT2D eigenvalue weighted by atomic mass is 32.2. The Balaban J connectivity index is 2.13. The molecule has 0 saturated carbocycles. The Labute approximate surface area is 158 Å². The van der Waals surface area contributed by atoms with Crippen molar-refractivity contribution in [2.75, 3.05) is 11.6 Å². The zero-order valence-electron chi connectivity index (χ0n) is 15.9. The van der Waals surface area contributed by atoms with E-state index in [9.17, 15) is 18.0 Å². The van der Waals surface area contributed by atoms with Crippen molar-refractivity contribution in [2.24, 2.45) is 0 Å². The summed E-state index contributed by atoms with van der Waals surface area (Å²) in [6, 6.07) is 5.90. The molecule has 2 rings (SSSR count). The molecule has 0 aliphatic heterocycles. The standard InChI is InChI=1S/C18H23N3O5S/c1-11(2)21-16(8-9-19-21)20-17(22)13(4)26-18(23)15-10-14(27(5,24)25)7-6-12(15)3/h6-11,13H,1-5H3,(H,20,22)/t13-/m1/s1. The van der Waals surface area contributed by atoms with Gasteiger partial charge in [0.05, 0.1) is 16.7 Å². The fourth-order valence-electron chi connectivity index (χ4n) is 2.38. The van der Waals surface area contributed by atoms with Gasteiger partial charge in [-0.05, 0) is 45.4 Å². The van der Waals surface area contributed by atoms with Crippen LogP contribution < -0.4 is 5.32 Å². The number of hydrogen-bond donors (Lipinski definition) is 1. The smallest absolute Gasteiger partial charge is 0.339 e. The molecular formula is C18H23N3O5S. The van der Waals surface area contributed by atoms with Gasteiger partial charge >= 0.3 is 5.97 Å². The van der Waals surface area contributed by atoms with Gasteiger partial charge in [0.1, 0.15) is 5.82 Å². The van der Waals surface area contributed by atoms with Crippen LogP contribution in [0.2, 0.25) is 0 Å². The number of nitrogens with one attached hydrogen (secondary N) is 1. The quantitative estimate of drug-likeness (QED) is 0.755. The molecule has 8 nitrogen and oxygen atoms in total. The number of carbonyl (C=O) groups excluding carboxylic acids is 2. The molecule has 0 radical (unpaired) electrons. The summed E-state index contributed by atoms with van der Waals surface area (Å²) in [6.07, 6.45) is 1.54. The normalized spacial score (nSPS) is 12.7. The minimum Gasteiger partial charge on any atom is -0.449 e. The number of rotatable bonds is 6. The van der Waals surface area contributed by atoms with Crippen LogP contribution in [-0.2, 0) is 19.4 Å².